The van der Waals surface area contributed by atoms with Crippen LogP contribution in [0, 0.1) is 5.41 Å². The highest BCUT2D eigenvalue weighted by Gasteiger charge is 2.13. The van der Waals surface area contributed by atoms with E-state index in [2.05, 4.69) is 48.6 Å². The third-order valence-electron chi connectivity index (χ3n) is 3.92. The summed E-state index contributed by atoms with van der Waals surface area (Å²) in [5.41, 5.74) is 2.07. The van der Waals surface area contributed by atoms with Gasteiger partial charge in [0.05, 0.1) is 0 Å². The Bertz CT molecular complexity index is 581. The number of hydrogen-bond donors (Lipinski definition) is 3. The fraction of sp³-hybridized carbons (Fsp3) is 0.600. The number of amides is 1. The van der Waals surface area contributed by atoms with E-state index in [1.165, 1.54) is 0 Å². The van der Waals surface area contributed by atoms with Crippen LogP contribution >= 0.6 is 24.0 Å². The molecule has 26 heavy (non-hydrogen) atoms. The molecule has 0 aromatic heterocycles. The van der Waals surface area contributed by atoms with Gasteiger partial charge in [-0.1, -0.05) is 32.9 Å². The second kappa shape index (κ2) is 12.1. The average molecular weight is 474 g/mol. The SMILES string of the molecule is CCNC(=O)c1cccc(CNC(=NC)NC(C)CCC(C)(C)C)c1.I. The van der Waals surface area contributed by atoms with Crippen molar-refractivity contribution in [3.8, 4) is 0 Å². The molecule has 3 N–H and O–H groups in total. The van der Waals surface area contributed by atoms with Crippen LogP contribution in [0.3, 0.4) is 0 Å². The molecule has 148 valence electrons. The Morgan fingerprint density at radius 2 is 1.92 bits per heavy atom. The molecule has 0 radical (unpaired) electrons. The molecule has 0 fully saturated rings. The number of hydrogen-bond acceptors (Lipinski definition) is 2. The van der Waals surface area contributed by atoms with Crippen LogP contribution in [-0.4, -0.2) is 31.5 Å². The summed E-state index contributed by atoms with van der Waals surface area (Å²) < 4.78 is 0. The van der Waals surface area contributed by atoms with Crippen molar-refractivity contribution in [2.24, 2.45) is 10.4 Å². The molecule has 1 atom stereocenters. The summed E-state index contributed by atoms with van der Waals surface area (Å²) in [5.74, 6) is 0.743. The van der Waals surface area contributed by atoms with E-state index in [0.717, 1.165) is 24.4 Å². The normalized spacial score (nSPS) is 12.8. The number of guanidine groups is 1. The van der Waals surface area contributed by atoms with Gasteiger partial charge in [-0.05, 0) is 49.8 Å². The Labute approximate surface area is 175 Å². The number of rotatable bonds is 7. The summed E-state index contributed by atoms with van der Waals surface area (Å²) in [4.78, 5) is 16.2. The third kappa shape index (κ3) is 9.99. The first-order chi connectivity index (χ1) is 11.7. The number of nitrogens with one attached hydrogen (secondary N) is 3. The molecule has 5 nitrogen and oxygen atoms in total. The first-order valence-corrected chi connectivity index (χ1v) is 9.09. The summed E-state index contributed by atoms with van der Waals surface area (Å²) in [6.07, 6.45) is 2.25. The van der Waals surface area contributed by atoms with E-state index in [0.29, 0.717) is 30.1 Å². The van der Waals surface area contributed by atoms with E-state index < -0.39 is 0 Å². The molecule has 6 heteroatoms. The number of carbonyl (C=O) groups is 1. The molecule has 1 aromatic carbocycles. The van der Waals surface area contributed by atoms with Gasteiger partial charge in [-0.15, -0.1) is 24.0 Å². The summed E-state index contributed by atoms with van der Waals surface area (Å²) in [6.45, 7) is 12.1. The van der Waals surface area contributed by atoms with Gasteiger partial charge < -0.3 is 16.0 Å². The van der Waals surface area contributed by atoms with Crippen molar-refractivity contribution in [2.45, 2.75) is 60.0 Å². The highest BCUT2D eigenvalue weighted by Crippen LogP contribution is 2.21. The van der Waals surface area contributed by atoms with Crippen LogP contribution in [0.2, 0.25) is 0 Å². The summed E-state index contributed by atoms with van der Waals surface area (Å²) >= 11 is 0. The average Bonchev–Trinajstić information content (AvgIpc) is 2.56. The van der Waals surface area contributed by atoms with E-state index >= 15 is 0 Å². The van der Waals surface area contributed by atoms with Gasteiger partial charge in [-0.25, -0.2) is 0 Å². The van der Waals surface area contributed by atoms with E-state index in [1.807, 2.05) is 31.2 Å². The van der Waals surface area contributed by atoms with Crippen molar-refractivity contribution in [1.29, 1.82) is 0 Å². The fourth-order valence-electron chi connectivity index (χ4n) is 2.42. The molecule has 1 unspecified atom stereocenters. The molecular weight excluding hydrogens is 439 g/mol. The zero-order valence-electron chi connectivity index (χ0n) is 17.0. The maximum Gasteiger partial charge on any atom is 0.251 e. The molecule has 1 rings (SSSR count). The molecule has 0 bridgehead atoms. The first-order valence-electron chi connectivity index (χ1n) is 9.09. The molecule has 0 saturated carbocycles. The van der Waals surface area contributed by atoms with Crippen molar-refractivity contribution in [2.75, 3.05) is 13.6 Å². The second-order valence-electron chi connectivity index (χ2n) is 7.63. The lowest BCUT2D eigenvalue weighted by Crippen LogP contribution is -2.42. The zero-order chi connectivity index (χ0) is 18.9. The second-order valence-corrected chi connectivity index (χ2v) is 7.63. The minimum atomic E-state index is -0.0392. The summed E-state index contributed by atoms with van der Waals surface area (Å²) in [5, 5.41) is 9.57. The Kier molecular flexibility index (Phi) is 11.5. The number of nitrogens with zero attached hydrogens (tertiary/aromatic N) is 1. The molecule has 0 heterocycles. The van der Waals surface area contributed by atoms with Crippen molar-refractivity contribution >= 4 is 35.8 Å². The lowest BCUT2D eigenvalue weighted by atomic mass is 9.89. The monoisotopic (exact) mass is 474 g/mol. The number of benzene rings is 1. The van der Waals surface area contributed by atoms with Crippen LogP contribution in [0.15, 0.2) is 29.3 Å². The summed E-state index contributed by atoms with van der Waals surface area (Å²) in [7, 11) is 1.77. The molecule has 1 aromatic rings. The van der Waals surface area contributed by atoms with E-state index in [9.17, 15) is 4.79 Å². The van der Waals surface area contributed by atoms with E-state index in [4.69, 9.17) is 0 Å². The largest absolute Gasteiger partial charge is 0.354 e. The molecule has 0 aliphatic carbocycles. The van der Waals surface area contributed by atoms with Crippen molar-refractivity contribution in [3.05, 3.63) is 35.4 Å². The lowest BCUT2D eigenvalue weighted by molar-refractivity contribution is 0.0955. The van der Waals surface area contributed by atoms with Crippen LogP contribution in [0.25, 0.3) is 0 Å². The van der Waals surface area contributed by atoms with Crippen molar-refractivity contribution in [1.82, 2.24) is 16.0 Å². The van der Waals surface area contributed by atoms with E-state index in [1.54, 1.807) is 7.05 Å². The van der Waals surface area contributed by atoms with Crippen LogP contribution in [-0.2, 0) is 6.54 Å². The number of halogens is 1. The standard InChI is InChI=1S/C20H34N4O.HI/c1-7-22-18(25)17-10-8-9-16(13-17)14-23-19(21-6)24-15(2)11-12-20(3,4)5;/h8-10,13,15H,7,11-12,14H2,1-6H3,(H,22,25)(H2,21,23,24);1H. The minimum Gasteiger partial charge on any atom is -0.354 e. The molecular formula is C20H35IN4O. The topological polar surface area (TPSA) is 65.5 Å². The van der Waals surface area contributed by atoms with Crippen LogP contribution in [0.1, 0.15) is 63.4 Å². The van der Waals surface area contributed by atoms with Gasteiger partial charge in [-0.2, -0.15) is 0 Å². The van der Waals surface area contributed by atoms with Gasteiger partial charge in [-0.3, -0.25) is 9.79 Å². The maximum atomic E-state index is 11.9. The smallest absolute Gasteiger partial charge is 0.251 e. The lowest BCUT2D eigenvalue weighted by Gasteiger charge is -2.23. The number of carbonyl (C=O) groups excluding carboxylic acids is 1. The van der Waals surface area contributed by atoms with Crippen LogP contribution in [0.5, 0.6) is 0 Å². The quantitative estimate of drug-likeness (QED) is 0.319. The summed E-state index contributed by atoms with van der Waals surface area (Å²) in [6, 6.07) is 8.01. The predicted molar refractivity (Wildman–Crippen MR) is 121 cm³/mol. The molecule has 0 spiro atoms. The van der Waals surface area contributed by atoms with Gasteiger partial charge in [0, 0.05) is 31.7 Å². The van der Waals surface area contributed by atoms with Crippen LogP contribution < -0.4 is 16.0 Å². The van der Waals surface area contributed by atoms with Gasteiger partial charge in [0.15, 0.2) is 5.96 Å². The minimum absolute atomic E-state index is 0. The predicted octanol–water partition coefficient (Wildman–Crippen LogP) is 3.93. The van der Waals surface area contributed by atoms with Gasteiger partial charge in [0.1, 0.15) is 0 Å². The highest BCUT2D eigenvalue weighted by molar-refractivity contribution is 14.0. The Morgan fingerprint density at radius 3 is 2.50 bits per heavy atom. The molecule has 0 aliphatic heterocycles. The van der Waals surface area contributed by atoms with Gasteiger partial charge in [0.25, 0.3) is 5.91 Å². The fourth-order valence-corrected chi connectivity index (χ4v) is 2.42. The molecule has 1 amide bonds. The maximum absolute atomic E-state index is 11.9. The van der Waals surface area contributed by atoms with Gasteiger partial charge >= 0.3 is 0 Å². The van der Waals surface area contributed by atoms with Crippen molar-refractivity contribution in [3.63, 3.8) is 0 Å². The molecule has 0 saturated heterocycles. The van der Waals surface area contributed by atoms with E-state index in [-0.39, 0.29) is 29.9 Å². The van der Waals surface area contributed by atoms with Crippen LogP contribution in [0.4, 0.5) is 0 Å². The zero-order valence-corrected chi connectivity index (χ0v) is 19.3. The highest BCUT2D eigenvalue weighted by atomic mass is 127. The van der Waals surface area contributed by atoms with Gasteiger partial charge in [0.2, 0.25) is 0 Å². The Hall–Kier alpha value is -1.31. The van der Waals surface area contributed by atoms with Crippen molar-refractivity contribution < 1.29 is 4.79 Å². The Morgan fingerprint density at radius 1 is 1.23 bits per heavy atom. The first kappa shape index (κ1) is 24.7. The Balaban J connectivity index is 0.00000625. The third-order valence-corrected chi connectivity index (χ3v) is 3.92. The number of aliphatic imine (C=N–C) groups is 1. The molecule has 0 aliphatic rings.